The Labute approximate surface area is 124 Å². The molecule has 0 bridgehead atoms. The Kier molecular flexibility index (Phi) is 3.62. The van der Waals surface area contributed by atoms with E-state index in [9.17, 15) is 0 Å². The minimum Gasteiger partial charge on any atom is -0.334 e. The first kappa shape index (κ1) is 13.0. The van der Waals surface area contributed by atoms with Crippen LogP contribution in [0, 0.1) is 0 Å². The first-order chi connectivity index (χ1) is 9.76. The van der Waals surface area contributed by atoms with Crippen molar-refractivity contribution in [1.82, 2.24) is 10.1 Å². The van der Waals surface area contributed by atoms with Gasteiger partial charge in [0.25, 0.3) is 5.89 Å². The summed E-state index contributed by atoms with van der Waals surface area (Å²) < 4.78 is 6.29. The third-order valence-electron chi connectivity index (χ3n) is 2.95. The van der Waals surface area contributed by atoms with Crippen LogP contribution in [0.25, 0.3) is 22.8 Å². The van der Waals surface area contributed by atoms with Crippen LogP contribution in [0.3, 0.4) is 0 Å². The van der Waals surface area contributed by atoms with Crippen molar-refractivity contribution in [2.75, 3.05) is 0 Å². The van der Waals surface area contributed by atoms with Gasteiger partial charge in [-0.1, -0.05) is 45.4 Å². The van der Waals surface area contributed by atoms with E-state index in [-0.39, 0.29) is 0 Å². The number of nitrogens with two attached hydrogens (primary N) is 1. The fourth-order valence-corrected chi connectivity index (χ4v) is 2.27. The summed E-state index contributed by atoms with van der Waals surface area (Å²) in [6.07, 6.45) is 0. The number of aromatic nitrogens is 2. The van der Waals surface area contributed by atoms with Crippen LogP contribution < -0.4 is 5.73 Å². The van der Waals surface area contributed by atoms with E-state index in [0.717, 1.165) is 21.2 Å². The highest BCUT2D eigenvalue weighted by molar-refractivity contribution is 9.10. The molecule has 0 unspecified atom stereocenters. The summed E-state index contributed by atoms with van der Waals surface area (Å²) in [6.45, 7) is 0.521. The van der Waals surface area contributed by atoms with Gasteiger partial charge in [-0.05, 0) is 29.8 Å². The molecule has 0 radical (unpaired) electrons. The van der Waals surface area contributed by atoms with Crippen molar-refractivity contribution in [1.29, 1.82) is 0 Å². The average molecular weight is 330 g/mol. The first-order valence-corrected chi connectivity index (χ1v) is 6.94. The maximum atomic E-state index is 5.58. The summed E-state index contributed by atoms with van der Waals surface area (Å²) in [5, 5.41) is 4.01. The van der Waals surface area contributed by atoms with E-state index in [0.29, 0.717) is 18.3 Å². The van der Waals surface area contributed by atoms with Gasteiger partial charge in [-0.3, -0.25) is 0 Å². The lowest BCUT2D eigenvalue weighted by Gasteiger charge is -1.97. The van der Waals surface area contributed by atoms with E-state index in [1.165, 1.54) is 0 Å². The predicted octanol–water partition coefficient (Wildman–Crippen LogP) is 3.62. The molecule has 2 aromatic carbocycles. The standard InChI is InChI=1S/C15H12BrN3O/c16-13-3-1-2-12(8-13)14-18-15(20-19-14)11-6-4-10(9-17)5-7-11/h1-8H,9,17H2. The average Bonchev–Trinajstić information content (AvgIpc) is 2.97. The summed E-state index contributed by atoms with van der Waals surface area (Å²) in [5.74, 6) is 1.08. The Hall–Kier alpha value is -1.98. The summed E-state index contributed by atoms with van der Waals surface area (Å²) in [4.78, 5) is 4.42. The highest BCUT2D eigenvalue weighted by atomic mass is 79.9. The van der Waals surface area contributed by atoms with Crippen LogP contribution in [0.15, 0.2) is 57.5 Å². The maximum absolute atomic E-state index is 5.58. The molecule has 0 aliphatic rings. The number of halogens is 1. The second-order valence-corrected chi connectivity index (χ2v) is 5.25. The Morgan fingerprint density at radius 2 is 1.85 bits per heavy atom. The molecule has 2 N–H and O–H groups in total. The zero-order valence-electron chi connectivity index (χ0n) is 10.6. The van der Waals surface area contributed by atoms with E-state index in [4.69, 9.17) is 10.3 Å². The van der Waals surface area contributed by atoms with Crippen LogP contribution in [0.1, 0.15) is 5.56 Å². The number of benzene rings is 2. The summed E-state index contributed by atoms with van der Waals surface area (Å²) >= 11 is 3.43. The Balaban J connectivity index is 1.93. The highest BCUT2D eigenvalue weighted by Crippen LogP contribution is 2.24. The molecule has 100 valence electrons. The maximum Gasteiger partial charge on any atom is 0.258 e. The third-order valence-corrected chi connectivity index (χ3v) is 3.44. The second-order valence-electron chi connectivity index (χ2n) is 4.33. The molecule has 0 saturated heterocycles. The molecule has 20 heavy (non-hydrogen) atoms. The molecular weight excluding hydrogens is 318 g/mol. The van der Waals surface area contributed by atoms with Crippen LogP contribution in [0.5, 0.6) is 0 Å². The Morgan fingerprint density at radius 3 is 2.55 bits per heavy atom. The van der Waals surface area contributed by atoms with Crippen molar-refractivity contribution in [3.8, 4) is 22.8 Å². The quantitative estimate of drug-likeness (QED) is 0.796. The van der Waals surface area contributed by atoms with Gasteiger partial charge in [0.05, 0.1) is 0 Å². The second kappa shape index (κ2) is 5.56. The van der Waals surface area contributed by atoms with Crippen LogP contribution in [0.4, 0.5) is 0 Å². The van der Waals surface area contributed by atoms with Crippen LogP contribution >= 0.6 is 15.9 Å². The molecule has 1 aromatic heterocycles. The lowest BCUT2D eigenvalue weighted by molar-refractivity contribution is 0.432. The molecule has 3 rings (SSSR count). The molecule has 0 aliphatic carbocycles. The Morgan fingerprint density at radius 1 is 1.05 bits per heavy atom. The molecule has 0 amide bonds. The van der Waals surface area contributed by atoms with Gasteiger partial charge in [0.15, 0.2) is 0 Å². The van der Waals surface area contributed by atoms with Gasteiger partial charge in [0, 0.05) is 22.1 Å². The summed E-state index contributed by atoms with van der Waals surface area (Å²) in [5.41, 5.74) is 8.44. The van der Waals surface area contributed by atoms with Crippen LogP contribution in [-0.2, 0) is 6.54 Å². The lowest BCUT2D eigenvalue weighted by Crippen LogP contribution is -1.95. The number of hydrogen-bond donors (Lipinski definition) is 1. The van der Waals surface area contributed by atoms with Crippen molar-refractivity contribution in [2.24, 2.45) is 5.73 Å². The van der Waals surface area contributed by atoms with Crippen molar-refractivity contribution in [3.63, 3.8) is 0 Å². The van der Waals surface area contributed by atoms with Crippen molar-refractivity contribution < 1.29 is 4.52 Å². The number of rotatable bonds is 3. The highest BCUT2D eigenvalue weighted by Gasteiger charge is 2.10. The normalized spacial score (nSPS) is 10.7. The monoisotopic (exact) mass is 329 g/mol. The first-order valence-electron chi connectivity index (χ1n) is 6.15. The largest absolute Gasteiger partial charge is 0.334 e. The molecule has 3 aromatic rings. The van der Waals surface area contributed by atoms with Gasteiger partial charge in [-0.15, -0.1) is 0 Å². The van der Waals surface area contributed by atoms with E-state index in [1.54, 1.807) is 0 Å². The minimum absolute atomic E-state index is 0.503. The third kappa shape index (κ3) is 2.64. The van der Waals surface area contributed by atoms with Gasteiger partial charge in [-0.25, -0.2) is 0 Å². The molecule has 0 atom stereocenters. The zero-order chi connectivity index (χ0) is 13.9. The van der Waals surface area contributed by atoms with Crippen LogP contribution in [0.2, 0.25) is 0 Å². The van der Waals surface area contributed by atoms with E-state index in [2.05, 4.69) is 26.1 Å². The molecule has 4 nitrogen and oxygen atoms in total. The Bertz CT molecular complexity index is 722. The molecule has 0 fully saturated rings. The van der Waals surface area contributed by atoms with Gasteiger partial charge < -0.3 is 10.3 Å². The molecular formula is C15H12BrN3O. The van der Waals surface area contributed by atoms with E-state index >= 15 is 0 Å². The van der Waals surface area contributed by atoms with Crippen LogP contribution in [-0.4, -0.2) is 10.1 Å². The predicted molar refractivity (Wildman–Crippen MR) is 80.8 cm³/mol. The van der Waals surface area contributed by atoms with Crippen molar-refractivity contribution in [3.05, 3.63) is 58.6 Å². The fraction of sp³-hybridized carbons (Fsp3) is 0.0667. The molecule has 1 heterocycles. The summed E-state index contributed by atoms with van der Waals surface area (Å²) in [6, 6.07) is 15.6. The van der Waals surface area contributed by atoms with E-state index in [1.807, 2.05) is 48.5 Å². The van der Waals surface area contributed by atoms with E-state index < -0.39 is 0 Å². The van der Waals surface area contributed by atoms with Gasteiger partial charge in [-0.2, -0.15) is 4.98 Å². The topological polar surface area (TPSA) is 64.9 Å². The summed E-state index contributed by atoms with van der Waals surface area (Å²) in [7, 11) is 0. The zero-order valence-corrected chi connectivity index (χ0v) is 12.2. The lowest BCUT2D eigenvalue weighted by atomic mass is 10.1. The van der Waals surface area contributed by atoms with Crippen molar-refractivity contribution >= 4 is 15.9 Å². The fourth-order valence-electron chi connectivity index (χ4n) is 1.87. The van der Waals surface area contributed by atoms with Crippen molar-refractivity contribution in [2.45, 2.75) is 6.54 Å². The molecule has 0 aliphatic heterocycles. The number of hydrogen-bond acceptors (Lipinski definition) is 4. The SMILES string of the molecule is NCc1ccc(-c2nc(-c3cccc(Br)c3)no2)cc1. The van der Waals surface area contributed by atoms with Gasteiger partial charge in [0.2, 0.25) is 5.82 Å². The van der Waals surface area contributed by atoms with Gasteiger partial charge >= 0.3 is 0 Å². The number of nitrogens with zero attached hydrogens (tertiary/aromatic N) is 2. The smallest absolute Gasteiger partial charge is 0.258 e. The molecule has 0 saturated carbocycles. The molecule has 0 spiro atoms. The minimum atomic E-state index is 0.503. The van der Waals surface area contributed by atoms with Gasteiger partial charge in [0.1, 0.15) is 0 Å². The molecule has 5 heteroatoms.